The molecule has 0 aliphatic rings. The van der Waals surface area contributed by atoms with Crippen LogP contribution in [0.2, 0.25) is 0 Å². The van der Waals surface area contributed by atoms with Gasteiger partial charge < -0.3 is 14.6 Å². The highest BCUT2D eigenvalue weighted by atomic mass is 32.2. The van der Waals surface area contributed by atoms with E-state index in [2.05, 4.69) is 20.5 Å². The number of carbonyl (C=O) groups is 1. The van der Waals surface area contributed by atoms with Crippen LogP contribution in [-0.2, 0) is 11.8 Å². The number of amides is 1. The third-order valence-electron chi connectivity index (χ3n) is 4.79. The van der Waals surface area contributed by atoms with E-state index in [4.69, 9.17) is 4.74 Å². The van der Waals surface area contributed by atoms with E-state index in [1.807, 2.05) is 50.5 Å². The summed E-state index contributed by atoms with van der Waals surface area (Å²) in [5.74, 6) is 0.803. The molecule has 0 bridgehead atoms. The molecule has 1 atom stereocenters. The number of hydrogen-bond donors (Lipinski definition) is 1. The molecular weight excluding hydrogens is 461 g/mol. The van der Waals surface area contributed by atoms with Crippen LogP contribution >= 0.6 is 23.1 Å². The maximum atomic E-state index is 13.1. The van der Waals surface area contributed by atoms with E-state index >= 15 is 0 Å². The monoisotopic (exact) mass is 483 g/mol. The SMILES string of the molecule is Cc1ccc(-c2csc(NC(=O)CSc3nnc(C(C)Oc4ccc(F)cc4)n3C)n2)cc1. The first-order valence-corrected chi connectivity index (χ1v) is 12.0. The number of thiazole rings is 1. The van der Waals surface area contributed by atoms with Gasteiger partial charge in [0.05, 0.1) is 11.4 Å². The van der Waals surface area contributed by atoms with E-state index in [0.29, 0.717) is 21.9 Å². The minimum atomic E-state index is -0.397. The summed E-state index contributed by atoms with van der Waals surface area (Å²) in [6.07, 6.45) is -0.397. The summed E-state index contributed by atoms with van der Waals surface area (Å²) in [6, 6.07) is 13.9. The second-order valence-corrected chi connectivity index (χ2v) is 9.16. The van der Waals surface area contributed by atoms with Gasteiger partial charge in [0.25, 0.3) is 0 Å². The number of hydrogen-bond acceptors (Lipinski definition) is 7. The van der Waals surface area contributed by atoms with Gasteiger partial charge in [-0.05, 0) is 38.1 Å². The van der Waals surface area contributed by atoms with Crippen molar-refractivity contribution in [2.75, 3.05) is 11.1 Å². The highest BCUT2D eigenvalue weighted by Gasteiger charge is 2.18. The lowest BCUT2D eigenvalue weighted by Crippen LogP contribution is -2.14. The van der Waals surface area contributed by atoms with Gasteiger partial charge >= 0.3 is 0 Å². The number of halogens is 1. The number of carbonyl (C=O) groups excluding carboxylic acids is 1. The third-order valence-corrected chi connectivity index (χ3v) is 6.57. The molecule has 4 rings (SSSR count). The van der Waals surface area contributed by atoms with Gasteiger partial charge in [0.2, 0.25) is 5.91 Å². The van der Waals surface area contributed by atoms with Crippen LogP contribution in [0.15, 0.2) is 59.1 Å². The molecule has 2 aromatic heterocycles. The zero-order valence-electron chi connectivity index (χ0n) is 18.3. The Morgan fingerprint density at radius 2 is 1.91 bits per heavy atom. The lowest BCUT2D eigenvalue weighted by atomic mass is 10.1. The van der Waals surface area contributed by atoms with Crippen molar-refractivity contribution in [2.24, 2.45) is 7.05 Å². The van der Waals surface area contributed by atoms with Crippen LogP contribution in [-0.4, -0.2) is 31.4 Å². The van der Waals surface area contributed by atoms with Crippen molar-refractivity contribution in [2.45, 2.75) is 25.1 Å². The lowest BCUT2D eigenvalue weighted by Gasteiger charge is -2.14. The summed E-state index contributed by atoms with van der Waals surface area (Å²) in [4.78, 5) is 16.9. The maximum Gasteiger partial charge on any atom is 0.236 e. The average molecular weight is 484 g/mol. The van der Waals surface area contributed by atoms with E-state index in [1.165, 1.54) is 40.8 Å². The Bertz CT molecular complexity index is 1240. The molecule has 4 aromatic rings. The number of nitrogens with zero attached hydrogens (tertiary/aromatic N) is 4. The molecule has 0 saturated heterocycles. The number of aromatic nitrogens is 4. The summed E-state index contributed by atoms with van der Waals surface area (Å²) in [5.41, 5.74) is 3.02. The van der Waals surface area contributed by atoms with Gasteiger partial charge in [0, 0.05) is 18.0 Å². The number of rotatable bonds is 8. The van der Waals surface area contributed by atoms with E-state index in [9.17, 15) is 9.18 Å². The standard InChI is InChI=1S/C23H22FN5O2S2/c1-14-4-6-16(7-5-14)19-12-32-22(25-19)26-20(30)13-33-23-28-27-21(29(23)3)15(2)31-18-10-8-17(24)9-11-18/h4-12,15H,13H2,1-3H3,(H,25,26,30). The van der Waals surface area contributed by atoms with E-state index in [1.54, 1.807) is 16.7 Å². The summed E-state index contributed by atoms with van der Waals surface area (Å²) >= 11 is 2.66. The van der Waals surface area contributed by atoms with Crippen LogP contribution in [0.3, 0.4) is 0 Å². The molecule has 170 valence electrons. The van der Waals surface area contributed by atoms with Gasteiger partial charge in [-0.1, -0.05) is 41.6 Å². The lowest BCUT2D eigenvalue weighted by molar-refractivity contribution is -0.113. The van der Waals surface area contributed by atoms with Gasteiger partial charge in [-0.2, -0.15) is 0 Å². The van der Waals surface area contributed by atoms with Crippen LogP contribution in [0.4, 0.5) is 9.52 Å². The molecule has 33 heavy (non-hydrogen) atoms. The molecule has 0 fully saturated rings. The highest BCUT2D eigenvalue weighted by Crippen LogP contribution is 2.26. The molecule has 0 spiro atoms. The maximum absolute atomic E-state index is 13.1. The minimum Gasteiger partial charge on any atom is -0.483 e. The zero-order chi connectivity index (χ0) is 23.4. The Kier molecular flexibility index (Phi) is 7.05. The fourth-order valence-corrected chi connectivity index (χ4v) is 4.50. The molecule has 1 unspecified atom stereocenters. The minimum absolute atomic E-state index is 0.165. The van der Waals surface area contributed by atoms with Crippen LogP contribution < -0.4 is 10.1 Å². The molecule has 0 radical (unpaired) electrons. The van der Waals surface area contributed by atoms with Gasteiger partial charge in [0.15, 0.2) is 22.2 Å². The van der Waals surface area contributed by atoms with Crippen molar-refractivity contribution >= 4 is 34.1 Å². The van der Waals surface area contributed by atoms with Crippen molar-refractivity contribution in [1.82, 2.24) is 19.7 Å². The highest BCUT2D eigenvalue weighted by molar-refractivity contribution is 7.99. The predicted octanol–water partition coefficient (Wildman–Crippen LogP) is 5.26. The van der Waals surface area contributed by atoms with Crippen molar-refractivity contribution in [3.8, 4) is 17.0 Å². The molecule has 0 aliphatic heterocycles. The van der Waals surface area contributed by atoms with Gasteiger partial charge in [-0.3, -0.25) is 4.79 Å². The fourth-order valence-electron chi connectivity index (χ4n) is 3.05. The Balaban J connectivity index is 1.32. The normalized spacial score (nSPS) is 11.9. The predicted molar refractivity (Wildman–Crippen MR) is 128 cm³/mol. The smallest absolute Gasteiger partial charge is 0.236 e. The number of benzene rings is 2. The summed E-state index contributed by atoms with van der Waals surface area (Å²) in [6.45, 7) is 3.87. The summed E-state index contributed by atoms with van der Waals surface area (Å²) in [5, 5.41) is 14.3. The summed E-state index contributed by atoms with van der Waals surface area (Å²) < 4.78 is 20.7. The van der Waals surface area contributed by atoms with Gasteiger partial charge in [-0.15, -0.1) is 21.5 Å². The topological polar surface area (TPSA) is 81.9 Å². The van der Waals surface area contributed by atoms with Crippen LogP contribution in [0.25, 0.3) is 11.3 Å². The van der Waals surface area contributed by atoms with Crippen LogP contribution in [0.5, 0.6) is 5.75 Å². The molecule has 2 aromatic carbocycles. The van der Waals surface area contributed by atoms with Gasteiger partial charge in [-0.25, -0.2) is 9.37 Å². The number of aryl methyl sites for hydroxylation is 1. The molecule has 1 amide bonds. The Labute approximate surface area is 199 Å². The Hall–Kier alpha value is -3.24. The van der Waals surface area contributed by atoms with Crippen molar-refractivity contribution in [1.29, 1.82) is 0 Å². The summed E-state index contributed by atoms with van der Waals surface area (Å²) in [7, 11) is 1.81. The molecule has 0 saturated carbocycles. The zero-order valence-corrected chi connectivity index (χ0v) is 19.9. The Morgan fingerprint density at radius 3 is 2.64 bits per heavy atom. The number of nitrogens with one attached hydrogen (secondary N) is 1. The van der Waals surface area contributed by atoms with Gasteiger partial charge in [0.1, 0.15) is 11.6 Å². The van der Waals surface area contributed by atoms with E-state index in [-0.39, 0.29) is 17.5 Å². The average Bonchev–Trinajstić information content (AvgIpc) is 3.41. The Morgan fingerprint density at radius 1 is 1.18 bits per heavy atom. The first kappa shape index (κ1) is 22.9. The fraction of sp³-hybridized carbons (Fsp3) is 0.217. The van der Waals surface area contributed by atoms with Crippen molar-refractivity contribution in [3.63, 3.8) is 0 Å². The molecular formula is C23H22FN5O2S2. The van der Waals surface area contributed by atoms with E-state index < -0.39 is 6.10 Å². The van der Waals surface area contributed by atoms with Crippen molar-refractivity contribution < 1.29 is 13.9 Å². The molecule has 2 heterocycles. The second kappa shape index (κ2) is 10.1. The largest absolute Gasteiger partial charge is 0.483 e. The third kappa shape index (κ3) is 5.77. The van der Waals surface area contributed by atoms with Crippen LogP contribution in [0, 0.1) is 12.7 Å². The molecule has 1 N–H and O–H groups in total. The number of thioether (sulfide) groups is 1. The number of anilines is 1. The molecule has 0 aliphatic carbocycles. The van der Waals surface area contributed by atoms with Crippen molar-refractivity contribution in [3.05, 3.63) is 71.1 Å². The first-order chi connectivity index (χ1) is 15.9. The first-order valence-electron chi connectivity index (χ1n) is 10.2. The molecule has 10 heteroatoms. The van der Waals surface area contributed by atoms with E-state index in [0.717, 1.165) is 11.3 Å². The quantitative estimate of drug-likeness (QED) is 0.345. The second-order valence-electron chi connectivity index (χ2n) is 7.35. The van der Waals surface area contributed by atoms with Crippen LogP contribution in [0.1, 0.15) is 24.4 Å². The number of ether oxygens (including phenoxy) is 1. The molecule has 7 nitrogen and oxygen atoms in total.